The van der Waals surface area contributed by atoms with E-state index in [0.717, 1.165) is 148 Å². The third kappa shape index (κ3) is 81.7. The number of hydrogen-bond acceptors (Lipinski definition) is 8. The Morgan fingerprint density at radius 3 is 0.778 bits per heavy atom. The zero-order valence-electron chi connectivity index (χ0n) is 63.2. The molecule has 0 aliphatic heterocycles. The minimum atomic E-state index is -4.41. The molecule has 0 aromatic rings. The maximum Gasteiger partial charge on any atom is 0.472 e. The highest BCUT2D eigenvalue weighted by molar-refractivity contribution is 7.47. The first-order chi connectivity index (χ1) is 48.8. The molecule has 9 nitrogen and oxygen atoms in total. The Morgan fingerprint density at radius 1 is 0.303 bits per heavy atom. The molecule has 0 spiro atoms. The van der Waals surface area contributed by atoms with Gasteiger partial charge >= 0.3 is 19.8 Å². The number of carbonyl (C=O) groups is 2. The van der Waals surface area contributed by atoms with Crippen molar-refractivity contribution in [2.75, 3.05) is 26.4 Å². The minimum absolute atomic E-state index is 0.0452. The van der Waals surface area contributed by atoms with Crippen molar-refractivity contribution in [1.82, 2.24) is 0 Å². The van der Waals surface area contributed by atoms with Gasteiger partial charge < -0.3 is 20.1 Å². The molecular formula is C89H146NO8P. The Bertz CT molecular complexity index is 2340. The summed E-state index contributed by atoms with van der Waals surface area (Å²) in [4.78, 5) is 35.5. The summed E-state index contributed by atoms with van der Waals surface area (Å²) in [6.07, 6.45) is 124. The summed E-state index contributed by atoms with van der Waals surface area (Å²) in [7, 11) is -4.41. The van der Waals surface area contributed by atoms with E-state index in [2.05, 4.69) is 208 Å². The highest BCUT2D eigenvalue weighted by atomic mass is 31.2. The van der Waals surface area contributed by atoms with Crippen molar-refractivity contribution < 1.29 is 37.6 Å². The second kappa shape index (κ2) is 81.8. The molecule has 0 fully saturated rings. The average molecular weight is 1390 g/mol. The van der Waals surface area contributed by atoms with E-state index < -0.39 is 26.5 Å². The van der Waals surface area contributed by atoms with Crippen LogP contribution in [0.5, 0.6) is 0 Å². The molecule has 0 amide bonds. The molecule has 0 heterocycles. The van der Waals surface area contributed by atoms with Gasteiger partial charge in [0.25, 0.3) is 0 Å². The van der Waals surface area contributed by atoms with E-state index in [9.17, 15) is 19.0 Å². The third-order valence-corrected chi connectivity index (χ3v) is 17.5. The van der Waals surface area contributed by atoms with Crippen LogP contribution in [0.4, 0.5) is 0 Å². The van der Waals surface area contributed by atoms with Crippen molar-refractivity contribution in [3.05, 3.63) is 194 Å². The standard InChI is InChI=1S/C89H146NO8P/c1-3-5-7-9-11-13-15-17-19-21-23-25-27-29-31-33-35-37-39-41-42-43-44-46-47-49-51-53-55-57-59-61-63-65-67-69-71-73-75-77-79-81-88(91)95-85-87(86-97-99(93,94)96-84-83-90)98-89(92)82-80-78-76-74-72-70-68-66-64-62-60-58-56-54-52-50-48-45-40-38-36-34-32-30-28-26-24-22-20-18-16-14-12-10-8-6-4-2/h5-8,11-14,17-20,23-26,29-32,35-38,41-42,45,48,52,54,58,60,87H,3-4,9-10,15-16,21-22,27-28,33-34,39-40,43-44,46-47,49-51,53,55-57,59,61-86,90H2,1-2H3,(H,93,94)/b7-5-,8-6-,13-11-,14-12-,19-17-,20-18-,25-23-,26-24-,31-29-,32-30-,37-35-,38-36-,42-41-,48-45-,54-52-,60-58-. The molecule has 0 aromatic heterocycles. The lowest BCUT2D eigenvalue weighted by Gasteiger charge is -2.19. The fourth-order valence-corrected chi connectivity index (χ4v) is 11.4. The van der Waals surface area contributed by atoms with Crippen LogP contribution in [-0.4, -0.2) is 49.3 Å². The minimum Gasteiger partial charge on any atom is -0.462 e. The number of allylic oxidation sites excluding steroid dienone is 32. The lowest BCUT2D eigenvalue weighted by molar-refractivity contribution is -0.161. The van der Waals surface area contributed by atoms with Gasteiger partial charge in [-0.1, -0.05) is 362 Å². The summed E-state index contributed by atoms with van der Waals surface area (Å²) in [5.74, 6) is -0.836. The van der Waals surface area contributed by atoms with Gasteiger partial charge in [0.05, 0.1) is 13.2 Å². The van der Waals surface area contributed by atoms with Crippen LogP contribution >= 0.6 is 7.82 Å². The number of phosphoric ester groups is 1. The number of unbranched alkanes of at least 4 members (excludes halogenated alkanes) is 28. The van der Waals surface area contributed by atoms with Crippen LogP contribution in [0.15, 0.2) is 194 Å². The van der Waals surface area contributed by atoms with Crippen molar-refractivity contribution in [3.63, 3.8) is 0 Å². The Morgan fingerprint density at radius 2 is 0.525 bits per heavy atom. The van der Waals surface area contributed by atoms with Crippen LogP contribution in [0, 0.1) is 0 Å². The zero-order chi connectivity index (χ0) is 71.5. The monoisotopic (exact) mass is 1390 g/mol. The lowest BCUT2D eigenvalue weighted by atomic mass is 10.0. The highest BCUT2D eigenvalue weighted by Gasteiger charge is 2.26. The van der Waals surface area contributed by atoms with E-state index in [4.69, 9.17) is 24.3 Å². The van der Waals surface area contributed by atoms with Crippen LogP contribution in [0.25, 0.3) is 0 Å². The lowest BCUT2D eigenvalue weighted by Crippen LogP contribution is -2.29. The number of esters is 2. The van der Waals surface area contributed by atoms with Gasteiger partial charge in [0, 0.05) is 19.4 Å². The third-order valence-electron chi connectivity index (χ3n) is 16.5. The summed E-state index contributed by atoms with van der Waals surface area (Å²) in [6.45, 7) is 3.52. The molecular weight excluding hydrogens is 1240 g/mol. The molecule has 3 N–H and O–H groups in total. The summed E-state index contributed by atoms with van der Waals surface area (Å²) >= 11 is 0. The molecule has 99 heavy (non-hydrogen) atoms. The van der Waals surface area contributed by atoms with Crippen molar-refractivity contribution >= 4 is 19.8 Å². The number of rotatable bonds is 73. The van der Waals surface area contributed by atoms with Crippen molar-refractivity contribution in [1.29, 1.82) is 0 Å². The quantitative estimate of drug-likeness (QED) is 0.0264. The molecule has 0 rings (SSSR count). The van der Waals surface area contributed by atoms with E-state index in [-0.39, 0.29) is 38.6 Å². The Balaban J connectivity index is 3.89. The fourth-order valence-electron chi connectivity index (χ4n) is 10.7. The zero-order valence-corrected chi connectivity index (χ0v) is 64.0. The van der Waals surface area contributed by atoms with E-state index in [0.29, 0.717) is 6.42 Å². The van der Waals surface area contributed by atoms with Crippen LogP contribution in [0.2, 0.25) is 0 Å². The largest absolute Gasteiger partial charge is 0.472 e. The molecule has 10 heteroatoms. The molecule has 0 saturated heterocycles. The van der Waals surface area contributed by atoms with Crippen LogP contribution in [-0.2, 0) is 32.7 Å². The molecule has 0 bridgehead atoms. The number of carbonyl (C=O) groups excluding carboxylic acids is 2. The van der Waals surface area contributed by atoms with Gasteiger partial charge in [-0.15, -0.1) is 0 Å². The average Bonchev–Trinajstić information content (AvgIpc) is 1.64. The van der Waals surface area contributed by atoms with Crippen LogP contribution < -0.4 is 5.73 Å². The van der Waals surface area contributed by atoms with E-state index in [1.54, 1.807) is 0 Å². The van der Waals surface area contributed by atoms with Gasteiger partial charge in [0.2, 0.25) is 0 Å². The molecule has 0 aromatic carbocycles. The maximum atomic E-state index is 12.8. The van der Waals surface area contributed by atoms with Gasteiger partial charge in [-0.3, -0.25) is 18.6 Å². The Kier molecular flexibility index (Phi) is 77.6. The van der Waals surface area contributed by atoms with Crippen molar-refractivity contribution in [2.45, 2.75) is 328 Å². The van der Waals surface area contributed by atoms with Gasteiger partial charge in [0.15, 0.2) is 6.10 Å². The first kappa shape index (κ1) is 93.8. The number of nitrogens with two attached hydrogens (primary N) is 1. The van der Waals surface area contributed by atoms with Gasteiger partial charge in [-0.05, 0) is 141 Å². The predicted octanol–water partition coefficient (Wildman–Crippen LogP) is 27.2. The summed E-state index contributed by atoms with van der Waals surface area (Å²) in [5.41, 5.74) is 5.41. The van der Waals surface area contributed by atoms with Crippen molar-refractivity contribution in [2.24, 2.45) is 5.73 Å². The number of hydrogen-bond donors (Lipinski definition) is 2. The molecule has 560 valence electrons. The molecule has 2 atom stereocenters. The van der Waals surface area contributed by atoms with Gasteiger partial charge in [-0.2, -0.15) is 0 Å². The Hall–Kier alpha value is -5.15. The van der Waals surface area contributed by atoms with Crippen LogP contribution in [0.1, 0.15) is 322 Å². The highest BCUT2D eigenvalue weighted by Crippen LogP contribution is 2.43. The first-order valence-corrected chi connectivity index (χ1v) is 41.4. The SMILES string of the molecule is CC/C=C\C/C=C\C/C=C\C/C=C\C/C=C\C/C=C\C/C=C\C/C=C\C/C=C\CCCCCCCCCCCC(=O)OC(COC(=O)CCCCCCCCCCCCCCCCCCCCC/C=C\C/C=C\C/C=C\C/C=C\C/C=C\C/C=C\C/C=C\CC)COP(=O)(O)OCCN. The van der Waals surface area contributed by atoms with E-state index in [1.165, 1.54) is 141 Å². The molecule has 2 unspecified atom stereocenters. The van der Waals surface area contributed by atoms with Gasteiger partial charge in [-0.25, -0.2) is 4.57 Å². The second-order valence-electron chi connectivity index (χ2n) is 25.8. The number of phosphoric acid groups is 1. The fraction of sp³-hybridized carbons (Fsp3) is 0.618. The van der Waals surface area contributed by atoms with E-state index >= 15 is 0 Å². The number of ether oxygens (including phenoxy) is 2. The van der Waals surface area contributed by atoms with E-state index in [1.807, 2.05) is 0 Å². The maximum absolute atomic E-state index is 12.8. The summed E-state index contributed by atoms with van der Waals surface area (Å²) in [5, 5.41) is 0. The van der Waals surface area contributed by atoms with Gasteiger partial charge in [0.1, 0.15) is 6.61 Å². The second-order valence-corrected chi connectivity index (χ2v) is 27.3. The molecule has 0 aliphatic carbocycles. The summed E-state index contributed by atoms with van der Waals surface area (Å²) < 4.78 is 33.3. The van der Waals surface area contributed by atoms with Crippen LogP contribution in [0.3, 0.4) is 0 Å². The normalized spacial score (nSPS) is 13.9. The summed E-state index contributed by atoms with van der Waals surface area (Å²) in [6, 6.07) is 0. The molecule has 0 saturated carbocycles. The first-order valence-electron chi connectivity index (χ1n) is 39.9. The predicted molar refractivity (Wildman–Crippen MR) is 431 cm³/mol. The Labute approximate surface area is 608 Å². The molecule has 0 radical (unpaired) electrons. The topological polar surface area (TPSA) is 134 Å². The molecule has 0 aliphatic rings. The smallest absolute Gasteiger partial charge is 0.462 e. The van der Waals surface area contributed by atoms with Crippen molar-refractivity contribution in [3.8, 4) is 0 Å².